The summed E-state index contributed by atoms with van der Waals surface area (Å²) in [5, 5.41) is 23.5. The van der Waals surface area contributed by atoms with E-state index in [0.717, 1.165) is 12.1 Å². The summed E-state index contributed by atoms with van der Waals surface area (Å²) in [5.74, 6) is -0.691. The predicted molar refractivity (Wildman–Crippen MR) is 84.3 cm³/mol. The predicted octanol–water partition coefficient (Wildman–Crippen LogP) is 1.77. The van der Waals surface area contributed by atoms with Crippen molar-refractivity contribution in [3.05, 3.63) is 46.1 Å². The summed E-state index contributed by atoms with van der Waals surface area (Å²) >= 11 is 0. The molecule has 1 aromatic heterocycles. The summed E-state index contributed by atoms with van der Waals surface area (Å²) in [4.78, 5) is 13.9. The van der Waals surface area contributed by atoms with E-state index in [9.17, 15) is 28.4 Å². The van der Waals surface area contributed by atoms with E-state index in [1.807, 2.05) is 0 Å². The van der Waals surface area contributed by atoms with E-state index in [4.69, 9.17) is 4.74 Å². The zero-order valence-corrected chi connectivity index (χ0v) is 13.7. The topological polar surface area (TPSA) is 112 Å². The Labute approximate surface area is 150 Å². The Morgan fingerprint density at radius 2 is 2.15 bits per heavy atom. The largest absolute Gasteiger partial charge is 0.573 e. The smallest absolute Gasteiger partial charge is 0.444 e. The number of halogens is 3. The number of alkyl halides is 3. The Balaban J connectivity index is 1.65. The molecule has 27 heavy (non-hydrogen) atoms. The monoisotopic (exact) mass is 388 g/mol. The number of aliphatic hydroxyl groups excluding tert-OH is 1. The van der Waals surface area contributed by atoms with Crippen LogP contribution in [-0.4, -0.2) is 45.2 Å². The first-order valence-electron chi connectivity index (χ1n) is 7.82. The number of nitrogens with zero attached hydrogens (tertiary/aromatic N) is 3. The van der Waals surface area contributed by atoms with Crippen molar-refractivity contribution >= 4 is 5.82 Å². The van der Waals surface area contributed by atoms with Crippen molar-refractivity contribution in [3.8, 4) is 11.8 Å². The van der Waals surface area contributed by atoms with Crippen LogP contribution < -0.4 is 14.8 Å². The molecule has 1 unspecified atom stereocenters. The molecule has 2 heterocycles. The Kier molecular flexibility index (Phi) is 5.19. The maximum Gasteiger partial charge on any atom is 0.573 e. The highest BCUT2D eigenvalue weighted by atomic mass is 19.4. The van der Waals surface area contributed by atoms with Crippen LogP contribution in [0.3, 0.4) is 0 Å². The Morgan fingerprint density at radius 3 is 2.74 bits per heavy atom. The lowest BCUT2D eigenvalue weighted by Crippen LogP contribution is -2.44. The first-order chi connectivity index (χ1) is 12.7. The van der Waals surface area contributed by atoms with Gasteiger partial charge in [0.25, 0.3) is 0 Å². The van der Waals surface area contributed by atoms with Crippen LogP contribution in [0.15, 0.2) is 30.5 Å². The highest BCUT2D eigenvalue weighted by Gasteiger charge is 2.31. The highest BCUT2D eigenvalue weighted by molar-refractivity contribution is 5.29. The molecule has 0 spiro atoms. The second-order valence-corrected chi connectivity index (χ2v) is 5.82. The molecular weight excluding hydrogens is 373 g/mol. The number of imidazole rings is 1. The van der Waals surface area contributed by atoms with E-state index in [-0.39, 0.29) is 36.8 Å². The van der Waals surface area contributed by atoms with E-state index in [1.54, 1.807) is 0 Å². The molecule has 0 saturated carbocycles. The van der Waals surface area contributed by atoms with Gasteiger partial charge in [-0.1, -0.05) is 12.1 Å². The number of nitrogens with one attached hydrogen (secondary N) is 1. The molecule has 12 heteroatoms. The van der Waals surface area contributed by atoms with Crippen molar-refractivity contribution < 1.29 is 32.7 Å². The summed E-state index contributed by atoms with van der Waals surface area (Å²) in [7, 11) is 0. The number of ether oxygens (including phenoxy) is 2. The van der Waals surface area contributed by atoms with Crippen molar-refractivity contribution in [2.24, 2.45) is 0 Å². The summed E-state index contributed by atoms with van der Waals surface area (Å²) < 4.78 is 47.3. The van der Waals surface area contributed by atoms with Crippen LogP contribution in [0.4, 0.5) is 19.0 Å². The van der Waals surface area contributed by atoms with Crippen LogP contribution in [0, 0.1) is 10.1 Å². The molecule has 1 aliphatic rings. The van der Waals surface area contributed by atoms with Crippen LogP contribution in [0.1, 0.15) is 11.6 Å². The fourth-order valence-electron chi connectivity index (χ4n) is 2.73. The third-order valence-corrected chi connectivity index (χ3v) is 3.88. The average Bonchev–Trinajstić information content (AvgIpc) is 3.03. The minimum atomic E-state index is -4.78. The molecule has 2 N–H and O–H groups in total. The fraction of sp³-hybridized carbons (Fsp3) is 0.400. The standard InChI is InChI=1S/C15H15F3N4O5/c16-15(17,18)27-11-3-1-9(2-4-11)12(7-23)19-10-5-21-6-13(22(24)25)20-14(21)26-8-10/h1-4,6,10,12,19,23H,5,7-8H2/t10-,12?/m0/s1. The molecule has 146 valence electrons. The zero-order chi connectivity index (χ0) is 19.6. The minimum absolute atomic E-state index is 0.133. The summed E-state index contributed by atoms with van der Waals surface area (Å²) in [6, 6.07) is 4.39. The lowest BCUT2D eigenvalue weighted by molar-refractivity contribution is -0.389. The van der Waals surface area contributed by atoms with Gasteiger partial charge in [0.1, 0.15) is 18.6 Å². The quantitative estimate of drug-likeness (QED) is 0.573. The number of aromatic nitrogens is 2. The van der Waals surface area contributed by atoms with Gasteiger partial charge >= 0.3 is 18.2 Å². The van der Waals surface area contributed by atoms with E-state index in [1.165, 1.54) is 22.9 Å². The van der Waals surface area contributed by atoms with Gasteiger partial charge in [-0.25, -0.2) is 0 Å². The molecule has 3 rings (SSSR count). The van der Waals surface area contributed by atoms with Crippen LogP contribution in [-0.2, 0) is 6.54 Å². The highest BCUT2D eigenvalue weighted by Crippen LogP contribution is 2.26. The van der Waals surface area contributed by atoms with Crippen LogP contribution >= 0.6 is 0 Å². The first kappa shape index (κ1) is 18.9. The number of rotatable bonds is 6. The minimum Gasteiger partial charge on any atom is -0.444 e. The third kappa shape index (κ3) is 4.65. The molecule has 0 saturated heterocycles. The van der Waals surface area contributed by atoms with Crippen LogP contribution in [0.25, 0.3) is 0 Å². The number of hydrogen-bond acceptors (Lipinski definition) is 7. The van der Waals surface area contributed by atoms with Gasteiger partial charge in [0, 0.05) is 11.5 Å². The Bertz CT molecular complexity index is 809. The molecule has 1 aromatic carbocycles. The lowest BCUT2D eigenvalue weighted by atomic mass is 10.1. The molecule has 9 nitrogen and oxygen atoms in total. The van der Waals surface area contributed by atoms with E-state index >= 15 is 0 Å². The van der Waals surface area contributed by atoms with Gasteiger partial charge in [0.2, 0.25) is 0 Å². The Hall–Kier alpha value is -2.86. The third-order valence-electron chi connectivity index (χ3n) is 3.88. The number of fused-ring (bicyclic) bond motifs is 1. The van der Waals surface area contributed by atoms with Gasteiger partial charge in [0.05, 0.1) is 18.7 Å². The number of hydrogen-bond donors (Lipinski definition) is 2. The van der Waals surface area contributed by atoms with E-state index < -0.39 is 17.3 Å². The molecule has 0 radical (unpaired) electrons. The van der Waals surface area contributed by atoms with Crippen molar-refractivity contribution in [3.63, 3.8) is 0 Å². The molecule has 2 aromatic rings. The molecule has 2 atom stereocenters. The van der Waals surface area contributed by atoms with Gasteiger partial charge in [-0.2, -0.15) is 0 Å². The normalized spacial score (nSPS) is 17.7. The maximum absolute atomic E-state index is 12.2. The van der Waals surface area contributed by atoms with E-state index in [2.05, 4.69) is 15.0 Å². The Morgan fingerprint density at radius 1 is 1.44 bits per heavy atom. The first-order valence-corrected chi connectivity index (χ1v) is 7.82. The summed E-state index contributed by atoms with van der Waals surface area (Å²) in [6.07, 6.45) is -3.53. The second-order valence-electron chi connectivity index (χ2n) is 5.82. The molecule has 0 amide bonds. The number of nitro groups is 1. The molecule has 0 bridgehead atoms. The fourth-order valence-corrected chi connectivity index (χ4v) is 2.73. The SMILES string of the molecule is O=[N+]([O-])c1cn2c(n1)OC[C@@H](NC(CO)c1ccc(OC(F)(F)F)cc1)C2. The molecular formula is C15H15F3N4O5. The van der Waals surface area contributed by atoms with Gasteiger partial charge in [-0.05, 0) is 22.6 Å². The number of aliphatic hydroxyl groups is 1. The zero-order valence-electron chi connectivity index (χ0n) is 13.7. The van der Waals surface area contributed by atoms with Crippen molar-refractivity contribution in [2.75, 3.05) is 13.2 Å². The number of benzene rings is 1. The van der Waals surface area contributed by atoms with Gasteiger partial charge in [0.15, 0.2) is 0 Å². The van der Waals surface area contributed by atoms with Crippen LogP contribution in [0.2, 0.25) is 0 Å². The van der Waals surface area contributed by atoms with Gasteiger partial charge in [-0.3, -0.25) is 4.57 Å². The van der Waals surface area contributed by atoms with Crippen molar-refractivity contribution in [2.45, 2.75) is 25.0 Å². The van der Waals surface area contributed by atoms with Crippen molar-refractivity contribution in [1.29, 1.82) is 0 Å². The summed E-state index contributed by atoms with van der Waals surface area (Å²) in [5.41, 5.74) is 0.550. The summed E-state index contributed by atoms with van der Waals surface area (Å²) in [6.45, 7) is 0.175. The lowest BCUT2D eigenvalue weighted by Gasteiger charge is -2.27. The van der Waals surface area contributed by atoms with Crippen LogP contribution in [0.5, 0.6) is 11.8 Å². The van der Waals surface area contributed by atoms with Crippen molar-refractivity contribution in [1.82, 2.24) is 14.9 Å². The second kappa shape index (κ2) is 7.40. The molecule has 1 aliphatic heterocycles. The molecule has 0 aliphatic carbocycles. The molecule has 0 fully saturated rings. The van der Waals surface area contributed by atoms with E-state index in [0.29, 0.717) is 12.1 Å². The average molecular weight is 388 g/mol. The van der Waals surface area contributed by atoms with Gasteiger partial charge in [-0.15, -0.1) is 13.2 Å². The maximum atomic E-state index is 12.2. The van der Waals surface area contributed by atoms with Gasteiger partial charge < -0.3 is 30.0 Å².